The first-order chi connectivity index (χ1) is 49.5. The zero-order chi connectivity index (χ0) is 79.0. The molecule has 0 aromatic carbocycles. The minimum atomic E-state index is -4.56. The minimum absolute atomic E-state index is 0.0163. The fourth-order valence-corrected chi connectivity index (χ4v) is 18.2. The third-order valence-corrected chi connectivity index (χ3v) is 24.5. The highest BCUT2D eigenvalue weighted by Crippen LogP contribution is 2.50. The Hall–Kier alpha value is -6.75. The Labute approximate surface area is 626 Å². The van der Waals surface area contributed by atoms with Crippen molar-refractivity contribution in [2.24, 2.45) is 46.8 Å². The SMILES string of the molecule is CCC[C@H]1C(=O)N[C@@H]([C@@H](C)CC)C(=O)N(C)CC(=O)N(C)[C@H]2C/C=C\CCN(C2=O)[C@@H](CC2CCC(C(F)(F)F)CC2)C(=O)N(C)CC(=O)N[C@@H](CCC2CCC(C(F)(F)F)C(Cl)C2)C(=O)N2C[C@@H](C)C[C@H]2C(=O)NC2(CC(C)(C)C2)C(=O)N(C)[C@@H](C2CCCC2)C(=O)N(C)[C@H](C(=O)N(C)C)CC(=O)N1C. The maximum atomic E-state index is 15.7. The van der Waals surface area contributed by atoms with E-state index in [-0.39, 0.29) is 122 Å². The first-order valence-electron chi connectivity index (χ1n) is 38.2. The molecule has 12 amide bonds. The van der Waals surface area contributed by atoms with E-state index in [0.29, 0.717) is 38.5 Å². The summed E-state index contributed by atoms with van der Waals surface area (Å²) in [4.78, 5) is 192. The highest BCUT2D eigenvalue weighted by molar-refractivity contribution is 6.21. The summed E-state index contributed by atoms with van der Waals surface area (Å²) in [5.41, 5.74) is -2.19. The Kier molecular flexibility index (Phi) is 29.5. The van der Waals surface area contributed by atoms with Gasteiger partial charge in [-0.2, -0.15) is 26.3 Å². The smallest absolute Gasteiger partial charge is 0.347 e. The maximum Gasteiger partial charge on any atom is 0.393 e. The number of hydrogen-bond donors (Lipinski definition) is 3. The Morgan fingerprint density at radius 3 is 1.85 bits per heavy atom. The van der Waals surface area contributed by atoms with Crippen molar-refractivity contribution in [2.45, 2.75) is 261 Å². The molecule has 1 spiro atoms. The van der Waals surface area contributed by atoms with Crippen LogP contribution in [0.3, 0.4) is 0 Å². The van der Waals surface area contributed by atoms with E-state index in [2.05, 4.69) is 16.0 Å². The molecule has 13 atom stereocenters. The first kappa shape index (κ1) is 86.5. The monoisotopic (exact) mass is 1530 g/mol. The molecule has 24 nitrogen and oxygen atoms in total. The van der Waals surface area contributed by atoms with Crippen LogP contribution in [0.4, 0.5) is 26.3 Å². The van der Waals surface area contributed by atoms with Gasteiger partial charge in [0.05, 0.1) is 31.3 Å². The van der Waals surface area contributed by atoms with E-state index in [1.165, 1.54) is 80.9 Å². The van der Waals surface area contributed by atoms with Crippen LogP contribution in [0.1, 0.15) is 189 Å². The predicted octanol–water partition coefficient (Wildman–Crippen LogP) is 7.29. The molecule has 0 aromatic rings. The molecule has 31 heteroatoms. The van der Waals surface area contributed by atoms with Crippen LogP contribution in [0.15, 0.2) is 12.2 Å². The van der Waals surface area contributed by atoms with Crippen LogP contribution < -0.4 is 16.0 Å². The number of rotatable bonds is 11. The van der Waals surface area contributed by atoms with Crippen LogP contribution >= 0.6 is 11.6 Å². The summed E-state index contributed by atoms with van der Waals surface area (Å²) in [6.07, 6.45) is -3.42. The van der Waals surface area contributed by atoms with Gasteiger partial charge in [-0.3, -0.25) is 57.5 Å². The van der Waals surface area contributed by atoms with E-state index in [0.717, 1.165) is 19.6 Å². The Balaban J connectivity index is 1.31. The summed E-state index contributed by atoms with van der Waals surface area (Å²) in [7, 11) is 11.1. The third-order valence-electron chi connectivity index (χ3n) is 24.0. The Morgan fingerprint density at radius 2 is 1.27 bits per heavy atom. The Morgan fingerprint density at radius 1 is 0.651 bits per heavy atom. The predicted molar refractivity (Wildman–Crippen MR) is 384 cm³/mol. The topological polar surface area (TPSA) is 270 Å². The second-order valence-electron chi connectivity index (χ2n) is 32.9. The van der Waals surface area contributed by atoms with Crippen LogP contribution in [-0.2, 0) is 57.5 Å². The van der Waals surface area contributed by atoms with Gasteiger partial charge < -0.3 is 60.0 Å². The molecule has 0 aromatic heterocycles. The molecule has 7 aliphatic rings. The number of fused-ring (bicyclic) bond motifs is 3. The van der Waals surface area contributed by atoms with Crippen molar-refractivity contribution in [1.82, 2.24) is 60.0 Å². The molecular weight excluding hydrogens is 1410 g/mol. The van der Waals surface area contributed by atoms with E-state index in [9.17, 15) is 55.1 Å². The largest absolute Gasteiger partial charge is 0.393 e. The van der Waals surface area contributed by atoms with Crippen LogP contribution in [0.5, 0.6) is 0 Å². The standard InChI is InChI=1S/C75H117ClF6N12O12/c1-15-22-53-63(98)84-61(45(4)16-2)69(104)88(10)41-60(97)90(12)54-25-18-17-21-34-93(68(54)103)57(37-47-26-30-49(31-27-47)74(77,78)79)67(102)87(9)40-58(95)83-52(33-29-46-28-32-50(51(76)36-46)75(80,81)82)65(100)94-39-44(3)35-55(94)64(99)85-73(42-72(5,6)43-73)71(106)92(14)62(48-23-19-20-24-48)70(105)91(13)56(66(101)86(7)8)38-59(96)89(53)11/h17-18,44-57,61-62H,15-16,19-43H2,1-14H3,(H,83,95)(H,84,98)(H,85,99)/b18-17-/t44-,45-,46?,47?,49?,50?,51?,52-,53-,54-,55-,56-,57-,61-,62-/m0/s1. The zero-order valence-electron chi connectivity index (χ0n) is 64.6. The van der Waals surface area contributed by atoms with Crippen LogP contribution in [-0.4, -0.2) is 269 Å². The summed E-state index contributed by atoms with van der Waals surface area (Å²) < 4.78 is 84.7. The number of nitrogens with one attached hydrogen (secondary N) is 3. The van der Waals surface area contributed by atoms with Gasteiger partial charge >= 0.3 is 12.4 Å². The normalized spacial score (nSPS) is 32.1. The lowest BCUT2D eigenvalue weighted by molar-refractivity contribution is -0.184. The van der Waals surface area contributed by atoms with Gasteiger partial charge in [0.2, 0.25) is 70.9 Å². The molecule has 3 N–H and O–H groups in total. The zero-order valence-corrected chi connectivity index (χ0v) is 65.3. The molecule has 598 valence electrons. The molecular formula is C75H117ClF6N12O12. The molecule has 3 heterocycles. The summed E-state index contributed by atoms with van der Waals surface area (Å²) in [6.45, 7) is 9.43. The lowest BCUT2D eigenvalue weighted by atomic mass is 9.58. The number of halogens is 7. The number of alkyl halides is 7. The van der Waals surface area contributed by atoms with Gasteiger partial charge in [0.25, 0.3) is 0 Å². The number of carbonyl (C=O) groups excluding carboxylic acids is 12. The van der Waals surface area contributed by atoms with Gasteiger partial charge in [-0.05, 0) is 151 Å². The quantitative estimate of drug-likeness (QED) is 0.105. The van der Waals surface area contributed by atoms with Crippen molar-refractivity contribution >= 4 is 82.5 Å². The molecule has 2 bridgehead atoms. The molecule has 7 rings (SSSR count). The van der Waals surface area contributed by atoms with E-state index < -0.39 is 203 Å². The van der Waals surface area contributed by atoms with Crippen molar-refractivity contribution in [2.75, 3.05) is 82.6 Å². The number of hydrogen-bond acceptors (Lipinski definition) is 12. The van der Waals surface area contributed by atoms with E-state index in [1.807, 2.05) is 20.8 Å². The second kappa shape index (κ2) is 36.2. The van der Waals surface area contributed by atoms with Gasteiger partial charge in [-0.15, -0.1) is 11.6 Å². The highest BCUT2D eigenvalue weighted by Gasteiger charge is 2.59. The van der Waals surface area contributed by atoms with Crippen molar-refractivity contribution in [3.63, 3.8) is 0 Å². The lowest BCUT2D eigenvalue weighted by Crippen LogP contribution is -2.71. The summed E-state index contributed by atoms with van der Waals surface area (Å²) >= 11 is 6.42. The highest BCUT2D eigenvalue weighted by atomic mass is 35.5. The van der Waals surface area contributed by atoms with Crippen molar-refractivity contribution in [1.29, 1.82) is 0 Å². The van der Waals surface area contributed by atoms with E-state index in [1.54, 1.807) is 32.9 Å². The van der Waals surface area contributed by atoms with Gasteiger partial charge in [-0.1, -0.05) is 79.4 Å². The minimum Gasteiger partial charge on any atom is -0.347 e. The van der Waals surface area contributed by atoms with Crippen LogP contribution in [0.2, 0.25) is 0 Å². The van der Waals surface area contributed by atoms with Crippen molar-refractivity contribution < 1.29 is 83.9 Å². The number of amides is 12. The summed E-state index contributed by atoms with van der Waals surface area (Å²) in [5.74, 6) is -14.3. The number of carbonyl (C=O) groups is 12. The van der Waals surface area contributed by atoms with Gasteiger partial charge in [0.15, 0.2) is 0 Å². The van der Waals surface area contributed by atoms with Gasteiger partial charge in [-0.25, -0.2) is 0 Å². The van der Waals surface area contributed by atoms with Crippen LogP contribution in [0.25, 0.3) is 0 Å². The van der Waals surface area contributed by atoms with Crippen molar-refractivity contribution in [3.05, 3.63) is 12.2 Å². The molecule has 3 aliphatic heterocycles. The average molecular weight is 1530 g/mol. The molecule has 2 saturated heterocycles. The number of nitrogens with zero attached hydrogens (tertiary/aromatic N) is 9. The first-order valence-corrected chi connectivity index (χ1v) is 38.6. The number of likely N-dealkylation sites (N-methyl/N-ethyl adjacent to an activating group) is 7. The molecule has 106 heavy (non-hydrogen) atoms. The fourth-order valence-electron chi connectivity index (χ4n) is 17.7. The van der Waals surface area contributed by atoms with E-state index >= 15 is 28.8 Å². The molecule has 3 unspecified atom stereocenters. The average Bonchev–Trinajstić information content (AvgIpc) is 0.931. The molecule has 0 radical (unpaired) electrons. The maximum absolute atomic E-state index is 15.7. The molecule has 6 fully saturated rings. The van der Waals surface area contributed by atoms with Crippen molar-refractivity contribution in [3.8, 4) is 0 Å². The van der Waals surface area contributed by atoms with Gasteiger partial charge in [0, 0.05) is 74.8 Å². The van der Waals surface area contributed by atoms with Gasteiger partial charge in [0.1, 0.15) is 53.9 Å². The Bertz CT molecular complexity index is 3210. The van der Waals surface area contributed by atoms with E-state index in [4.69, 9.17) is 11.6 Å². The summed E-state index contributed by atoms with van der Waals surface area (Å²) in [6, 6.07) is -10.6. The summed E-state index contributed by atoms with van der Waals surface area (Å²) in [5, 5.41) is 7.41. The third kappa shape index (κ3) is 20.8. The van der Waals surface area contributed by atoms with Crippen LogP contribution in [0, 0.1) is 46.8 Å². The fraction of sp³-hybridized carbons (Fsp3) is 0.813. The molecule has 4 saturated carbocycles. The lowest BCUT2D eigenvalue weighted by Gasteiger charge is -2.54. The second-order valence-corrected chi connectivity index (χ2v) is 33.5. The molecule has 4 aliphatic carbocycles.